The first-order valence-corrected chi connectivity index (χ1v) is 12.0. The van der Waals surface area contributed by atoms with Gasteiger partial charge in [0.25, 0.3) is 5.56 Å². The lowest BCUT2D eigenvalue weighted by Crippen LogP contribution is -2.50. The van der Waals surface area contributed by atoms with E-state index in [2.05, 4.69) is 29.2 Å². The number of benzene rings is 2. The molecule has 0 bridgehead atoms. The molecule has 6 nitrogen and oxygen atoms in total. The summed E-state index contributed by atoms with van der Waals surface area (Å²) in [5.41, 5.74) is 1.92. The summed E-state index contributed by atoms with van der Waals surface area (Å²) in [5, 5.41) is 0.903. The molecule has 1 atom stereocenters. The Kier molecular flexibility index (Phi) is 6.96. The Morgan fingerprint density at radius 1 is 0.969 bits per heavy atom. The SMILES string of the molecule is CC(Sc1nc2ccccc2c(=O)n1C(C)C)C(=O)N1CCN(Cc2ccccc2)CC1. The van der Waals surface area contributed by atoms with E-state index in [0.717, 1.165) is 32.7 Å². The van der Waals surface area contributed by atoms with E-state index < -0.39 is 0 Å². The molecule has 0 saturated carbocycles. The van der Waals surface area contributed by atoms with E-state index >= 15 is 0 Å². The van der Waals surface area contributed by atoms with Gasteiger partial charge in [-0.2, -0.15) is 0 Å². The molecule has 32 heavy (non-hydrogen) atoms. The van der Waals surface area contributed by atoms with Crippen LogP contribution in [0.25, 0.3) is 10.9 Å². The van der Waals surface area contributed by atoms with Crippen molar-refractivity contribution in [2.75, 3.05) is 26.2 Å². The number of fused-ring (bicyclic) bond motifs is 1. The van der Waals surface area contributed by atoms with Gasteiger partial charge in [0.1, 0.15) is 0 Å². The topological polar surface area (TPSA) is 58.4 Å². The number of aromatic nitrogens is 2. The monoisotopic (exact) mass is 450 g/mol. The van der Waals surface area contributed by atoms with E-state index in [1.165, 1.54) is 17.3 Å². The molecule has 1 aliphatic rings. The van der Waals surface area contributed by atoms with Crippen LogP contribution in [0.3, 0.4) is 0 Å². The third kappa shape index (κ3) is 4.89. The van der Waals surface area contributed by atoms with Crippen LogP contribution in [-0.4, -0.2) is 56.7 Å². The number of para-hydroxylation sites is 1. The molecule has 1 fully saturated rings. The minimum atomic E-state index is -0.311. The highest BCUT2D eigenvalue weighted by Gasteiger charge is 2.27. The largest absolute Gasteiger partial charge is 0.339 e. The van der Waals surface area contributed by atoms with Gasteiger partial charge in [0, 0.05) is 38.8 Å². The Bertz CT molecular complexity index is 1140. The fraction of sp³-hybridized carbons (Fsp3) is 0.400. The van der Waals surface area contributed by atoms with Crippen LogP contribution < -0.4 is 5.56 Å². The quantitative estimate of drug-likeness (QED) is 0.422. The van der Waals surface area contributed by atoms with Gasteiger partial charge in [0.2, 0.25) is 5.91 Å². The summed E-state index contributed by atoms with van der Waals surface area (Å²) in [7, 11) is 0. The molecule has 0 spiro atoms. The van der Waals surface area contributed by atoms with E-state index in [9.17, 15) is 9.59 Å². The summed E-state index contributed by atoms with van der Waals surface area (Å²) >= 11 is 1.38. The highest BCUT2D eigenvalue weighted by atomic mass is 32.2. The van der Waals surface area contributed by atoms with Crippen LogP contribution in [0, 0.1) is 0 Å². The van der Waals surface area contributed by atoms with Crippen molar-refractivity contribution < 1.29 is 4.79 Å². The zero-order valence-corrected chi connectivity index (χ0v) is 19.7. The highest BCUT2D eigenvalue weighted by molar-refractivity contribution is 8.00. The maximum atomic E-state index is 13.2. The number of nitrogens with zero attached hydrogens (tertiary/aromatic N) is 4. The number of rotatable bonds is 6. The lowest BCUT2D eigenvalue weighted by molar-refractivity contribution is -0.132. The molecule has 2 aromatic carbocycles. The van der Waals surface area contributed by atoms with Gasteiger partial charge in [0.05, 0.1) is 16.2 Å². The summed E-state index contributed by atoms with van der Waals surface area (Å²) in [5.74, 6) is 0.104. The van der Waals surface area contributed by atoms with Crippen molar-refractivity contribution in [3.8, 4) is 0 Å². The molecule has 168 valence electrons. The van der Waals surface area contributed by atoms with E-state index in [0.29, 0.717) is 16.1 Å². The second-order valence-corrected chi connectivity index (χ2v) is 9.84. The van der Waals surface area contributed by atoms with Crippen LogP contribution in [0.1, 0.15) is 32.4 Å². The van der Waals surface area contributed by atoms with E-state index in [1.54, 1.807) is 4.57 Å². The van der Waals surface area contributed by atoms with Crippen LogP contribution in [0.2, 0.25) is 0 Å². The summed E-state index contributed by atoms with van der Waals surface area (Å²) in [6.07, 6.45) is 0. The van der Waals surface area contributed by atoms with Crippen molar-refractivity contribution in [1.29, 1.82) is 0 Å². The second kappa shape index (κ2) is 9.88. The standard InChI is InChI=1S/C25H30N4O2S/c1-18(2)29-24(31)21-11-7-8-12-22(21)26-25(29)32-19(3)23(30)28-15-13-27(14-16-28)17-20-9-5-4-6-10-20/h4-12,18-19H,13-17H2,1-3H3. The molecule has 3 aromatic rings. The van der Waals surface area contributed by atoms with Gasteiger partial charge < -0.3 is 4.90 Å². The minimum absolute atomic E-state index is 0.0362. The predicted molar refractivity (Wildman–Crippen MR) is 130 cm³/mol. The van der Waals surface area contributed by atoms with Gasteiger partial charge in [-0.1, -0.05) is 54.2 Å². The molecular weight excluding hydrogens is 420 g/mol. The molecule has 0 N–H and O–H groups in total. The third-order valence-electron chi connectivity index (χ3n) is 5.85. The van der Waals surface area contributed by atoms with Crippen LogP contribution in [-0.2, 0) is 11.3 Å². The molecule has 2 heterocycles. The number of hydrogen-bond acceptors (Lipinski definition) is 5. The van der Waals surface area contributed by atoms with Crippen molar-refractivity contribution in [2.24, 2.45) is 0 Å². The molecule has 0 aliphatic carbocycles. The summed E-state index contributed by atoms with van der Waals surface area (Å²) in [4.78, 5) is 35.3. The van der Waals surface area contributed by atoms with Gasteiger partial charge >= 0.3 is 0 Å². The van der Waals surface area contributed by atoms with Gasteiger partial charge in [0.15, 0.2) is 5.16 Å². The van der Waals surface area contributed by atoms with Crippen LogP contribution in [0.5, 0.6) is 0 Å². The Hall–Kier alpha value is -2.64. The number of amides is 1. The van der Waals surface area contributed by atoms with Crippen molar-refractivity contribution in [3.63, 3.8) is 0 Å². The molecule has 1 amide bonds. The van der Waals surface area contributed by atoms with Crippen molar-refractivity contribution in [3.05, 3.63) is 70.5 Å². The summed E-state index contributed by atoms with van der Waals surface area (Å²) in [6, 6.07) is 17.8. The van der Waals surface area contributed by atoms with Gasteiger partial charge in [-0.05, 0) is 38.5 Å². The van der Waals surface area contributed by atoms with Gasteiger partial charge in [-0.15, -0.1) is 0 Å². The zero-order chi connectivity index (χ0) is 22.7. The first-order valence-electron chi connectivity index (χ1n) is 11.2. The van der Waals surface area contributed by atoms with E-state index in [1.807, 2.05) is 56.0 Å². The first-order chi connectivity index (χ1) is 15.4. The third-order valence-corrected chi connectivity index (χ3v) is 6.91. The Morgan fingerprint density at radius 2 is 1.62 bits per heavy atom. The Labute approximate surface area is 193 Å². The molecule has 1 unspecified atom stereocenters. The molecule has 4 rings (SSSR count). The summed E-state index contributed by atoms with van der Waals surface area (Å²) in [6.45, 7) is 9.94. The van der Waals surface area contributed by atoms with Crippen molar-refractivity contribution in [1.82, 2.24) is 19.4 Å². The minimum Gasteiger partial charge on any atom is -0.339 e. The fourth-order valence-electron chi connectivity index (χ4n) is 4.10. The fourth-order valence-corrected chi connectivity index (χ4v) is 5.22. The molecule has 1 aromatic heterocycles. The van der Waals surface area contributed by atoms with Gasteiger partial charge in [-0.3, -0.25) is 19.1 Å². The van der Waals surface area contributed by atoms with Crippen molar-refractivity contribution in [2.45, 2.75) is 43.8 Å². The average molecular weight is 451 g/mol. The van der Waals surface area contributed by atoms with E-state index in [4.69, 9.17) is 4.98 Å². The molecule has 7 heteroatoms. The maximum absolute atomic E-state index is 13.2. The maximum Gasteiger partial charge on any atom is 0.262 e. The predicted octanol–water partition coefficient (Wildman–Crippen LogP) is 3.80. The molecule has 1 aliphatic heterocycles. The second-order valence-electron chi connectivity index (χ2n) is 8.53. The lowest BCUT2D eigenvalue weighted by atomic mass is 10.2. The van der Waals surface area contributed by atoms with Crippen LogP contribution in [0.4, 0.5) is 0 Å². The van der Waals surface area contributed by atoms with Crippen molar-refractivity contribution >= 4 is 28.6 Å². The van der Waals surface area contributed by atoms with Gasteiger partial charge in [-0.25, -0.2) is 4.98 Å². The number of carbonyl (C=O) groups is 1. The molecular formula is C25H30N4O2S. The van der Waals surface area contributed by atoms with Crippen LogP contribution >= 0.6 is 11.8 Å². The number of hydrogen-bond donors (Lipinski definition) is 0. The summed E-state index contributed by atoms with van der Waals surface area (Å²) < 4.78 is 1.70. The molecule has 1 saturated heterocycles. The number of thioether (sulfide) groups is 1. The lowest BCUT2D eigenvalue weighted by Gasteiger charge is -2.36. The average Bonchev–Trinajstić information content (AvgIpc) is 2.79. The number of carbonyl (C=O) groups excluding carboxylic acids is 1. The highest BCUT2D eigenvalue weighted by Crippen LogP contribution is 2.26. The van der Waals surface area contributed by atoms with Crippen LogP contribution in [0.15, 0.2) is 64.5 Å². The number of piperazine rings is 1. The van der Waals surface area contributed by atoms with E-state index in [-0.39, 0.29) is 22.8 Å². The molecule has 0 radical (unpaired) electrons. The normalized spacial score (nSPS) is 15.9. The zero-order valence-electron chi connectivity index (χ0n) is 18.9. The smallest absolute Gasteiger partial charge is 0.262 e. The Balaban J connectivity index is 1.43. The Morgan fingerprint density at radius 3 is 2.31 bits per heavy atom. The first kappa shape index (κ1) is 22.6.